The summed E-state index contributed by atoms with van der Waals surface area (Å²) >= 11 is 0. The molecule has 2 heterocycles. The zero-order chi connectivity index (χ0) is 24.8. The molecular formula is C25H23N5O4S. The van der Waals surface area contributed by atoms with E-state index in [1.165, 1.54) is 28.9 Å². The average molecular weight is 490 g/mol. The Balaban J connectivity index is 1.33. The monoisotopic (exact) mass is 489 g/mol. The number of nitrogens with one attached hydrogen (secondary N) is 1. The molecule has 2 aromatic carbocycles. The number of amides is 1. The molecule has 0 aliphatic heterocycles. The van der Waals surface area contributed by atoms with Crippen LogP contribution in [0.1, 0.15) is 34.0 Å². The third-order valence-corrected chi connectivity index (χ3v) is 6.96. The lowest BCUT2D eigenvalue weighted by Crippen LogP contribution is -2.24. The van der Waals surface area contributed by atoms with Gasteiger partial charge in [0.05, 0.1) is 16.3 Å². The van der Waals surface area contributed by atoms with Crippen LogP contribution in [0.25, 0.3) is 5.69 Å². The van der Waals surface area contributed by atoms with Gasteiger partial charge in [0.2, 0.25) is 0 Å². The number of nitrogens with two attached hydrogens (primary N) is 1. The molecule has 0 unspecified atom stereocenters. The molecule has 178 valence electrons. The van der Waals surface area contributed by atoms with E-state index >= 15 is 0 Å². The number of nitrogens with zero attached hydrogens (tertiary/aromatic N) is 3. The van der Waals surface area contributed by atoms with Crippen LogP contribution in [0.2, 0.25) is 0 Å². The number of nitriles is 1. The van der Waals surface area contributed by atoms with Gasteiger partial charge in [0.25, 0.3) is 5.91 Å². The minimum atomic E-state index is -3.58. The van der Waals surface area contributed by atoms with Crippen molar-refractivity contribution in [2.75, 3.05) is 12.3 Å². The molecule has 0 aliphatic rings. The van der Waals surface area contributed by atoms with Crippen molar-refractivity contribution in [1.29, 1.82) is 5.26 Å². The molecule has 2 aromatic heterocycles. The summed E-state index contributed by atoms with van der Waals surface area (Å²) in [7, 11) is -3.58. The van der Waals surface area contributed by atoms with Gasteiger partial charge in [-0.25, -0.2) is 13.1 Å². The van der Waals surface area contributed by atoms with Gasteiger partial charge < -0.3 is 15.5 Å². The van der Waals surface area contributed by atoms with E-state index in [1.54, 1.807) is 18.2 Å². The summed E-state index contributed by atoms with van der Waals surface area (Å²) < 4.78 is 32.0. The predicted octanol–water partition coefficient (Wildman–Crippen LogP) is 3.26. The Morgan fingerprint density at radius 2 is 1.74 bits per heavy atom. The minimum absolute atomic E-state index is 0.0265. The first-order valence-electron chi connectivity index (χ1n) is 10.9. The number of benzene rings is 2. The van der Waals surface area contributed by atoms with Crippen molar-refractivity contribution in [3.05, 3.63) is 95.6 Å². The fraction of sp³-hybridized carbons (Fsp3) is 0.160. The maximum atomic E-state index is 12.5. The molecule has 4 rings (SSSR count). The highest BCUT2D eigenvalue weighted by molar-refractivity contribution is 7.90. The number of nitrogen functional groups attached to an aromatic ring is 1. The van der Waals surface area contributed by atoms with Crippen LogP contribution in [-0.2, 0) is 22.0 Å². The van der Waals surface area contributed by atoms with E-state index < -0.39 is 15.7 Å². The molecule has 3 N–H and O–H groups in total. The smallest absolute Gasteiger partial charge is 0.286 e. The normalized spacial score (nSPS) is 11.2. The largest absolute Gasteiger partial charge is 0.455 e. The highest BCUT2D eigenvalue weighted by Crippen LogP contribution is 2.21. The maximum absolute atomic E-state index is 12.5. The Bertz CT molecular complexity index is 1470. The number of hydrogen-bond donors (Lipinski definition) is 2. The topological polar surface area (TPSA) is 144 Å². The van der Waals surface area contributed by atoms with E-state index in [-0.39, 0.29) is 28.0 Å². The summed E-state index contributed by atoms with van der Waals surface area (Å²) in [5, 5.41) is 16.7. The van der Waals surface area contributed by atoms with Crippen LogP contribution in [0.15, 0.2) is 82.1 Å². The van der Waals surface area contributed by atoms with Crippen LogP contribution in [0, 0.1) is 11.3 Å². The van der Waals surface area contributed by atoms with Crippen molar-refractivity contribution < 1.29 is 17.6 Å². The summed E-state index contributed by atoms with van der Waals surface area (Å²) in [5.74, 6) is -0.320. The van der Waals surface area contributed by atoms with E-state index in [4.69, 9.17) is 10.2 Å². The second kappa shape index (κ2) is 10.3. The number of furan rings is 1. The summed E-state index contributed by atoms with van der Waals surface area (Å²) in [6.07, 6.45) is 0.952. The van der Waals surface area contributed by atoms with Crippen molar-refractivity contribution >= 4 is 21.6 Å². The number of carbonyl (C=O) groups excluding carboxylic acids is 1. The lowest BCUT2D eigenvalue weighted by Gasteiger charge is -2.04. The molecular weight excluding hydrogens is 466 g/mol. The highest BCUT2D eigenvalue weighted by atomic mass is 32.2. The van der Waals surface area contributed by atoms with Gasteiger partial charge >= 0.3 is 0 Å². The molecule has 0 bridgehead atoms. The summed E-state index contributed by atoms with van der Waals surface area (Å²) in [6.45, 7) is 0.306. The van der Waals surface area contributed by atoms with Crippen LogP contribution in [0.4, 0.5) is 5.82 Å². The van der Waals surface area contributed by atoms with E-state index in [1.807, 2.05) is 30.3 Å². The van der Waals surface area contributed by atoms with Crippen LogP contribution in [0.3, 0.4) is 0 Å². The quantitative estimate of drug-likeness (QED) is 0.343. The van der Waals surface area contributed by atoms with E-state index in [2.05, 4.69) is 16.5 Å². The number of hydrogen-bond acceptors (Lipinski definition) is 7. The van der Waals surface area contributed by atoms with Crippen LogP contribution < -0.4 is 11.1 Å². The second-order valence-corrected chi connectivity index (χ2v) is 9.75. The lowest BCUT2D eigenvalue weighted by molar-refractivity contribution is 0.0924. The minimum Gasteiger partial charge on any atom is -0.455 e. The van der Waals surface area contributed by atoms with Gasteiger partial charge in [-0.15, -0.1) is 0 Å². The number of carbonyl (C=O) groups is 1. The van der Waals surface area contributed by atoms with Crippen LogP contribution >= 0.6 is 0 Å². The molecule has 10 heteroatoms. The van der Waals surface area contributed by atoms with Gasteiger partial charge in [-0.1, -0.05) is 36.4 Å². The standard InChI is InChI=1S/C25H23N5O4S/c26-16-21-22(29-30(24(21)27)18-8-3-1-4-9-18)12-7-15-28-25(31)23-14-13-19(34-23)17-35(32,33)20-10-5-2-6-11-20/h1-6,8-11,13-14H,7,12,15,17,27H2,(H,28,31). The van der Waals surface area contributed by atoms with Crippen molar-refractivity contribution in [3.8, 4) is 11.8 Å². The third kappa shape index (κ3) is 5.42. The van der Waals surface area contributed by atoms with Crippen LogP contribution in [0.5, 0.6) is 0 Å². The maximum Gasteiger partial charge on any atom is 0.286 e. The van der Waals surface area contributed by atoms with Crippen molar-refractivity contribution in [2.24, 2.45) is 0 Å². The molecule has 0 aliphatic carbocycles. The Morgan fingerprint density at radius 1 is 1.06 bits per heavy atom. The molecule has 9 nitrogen and oxygen atoms in total. The number of aryl methyl sites for hydroxylation is 1. The molecule has 35 heavy (non-hydrogen) atoms. The van der Waals surface area contributed by atoms with Crippen molar-refractivity contribution in [2.45, 2.75) is 23.5 Å². The third-order valence-electron chi connectivity index (χ3n) is 5.30. The molecule has 4 aromatic rings. The van der Waals surface area contributed by atoms with Crippen LogP contribution in [-0.4, -0.2) is 30.7 Å². The Labute approximate surface area is 202 Å². The molecule has 0 saturated heterocycles. The van der Waals surface area contributed by atoms with Crippen molar-refractivity contribution in [3.63, 3.8) is 0 Å². The first kappa shape index (κ1) is 23.8. The van der Waals surface area contributed by atoms with Crippen molar-refractivity contribution in [1.82, 2.24) is 15.1 Å². The molecule has 0 radical (unpaired) electrons. The van der Waals surface area contributed by atoms with Gasteiger partial charge in [0.1, 0.15) is 29.0 Å². The number of aromatic nitrogens is 2. The Hall–Kier alpha value is -4.36. The zero-order valence-corrected chi connectivity index (χ0v) is 19.5. The SMILES string of the molecule is N#Cc1c(CCCNC(=O)c2ccc(CS(=O)(=O)c3ccccc3)o2)nn(-c2ccccc2)c1N. The van der Waals surface area contributed by atoms with E-state index in [0.717, 1.165) is 5.69 Å². The van der Waals surface area contributed by atoms with Gasteiger partial charge in [-0.2, -0.15) is 10.4 Å². The highest BCUT2D eigenvalue weighted by Gasteiger charge is 2.20. The van der Waals surface area contributed by atoms with E-state index in [0.29, 0.717) is 30.6 Å². The molecule has 0 atom stereocenters. The first-order valence-corrected chi connectivity index (χ1v) is 12.5. The predicted molar refractivity (Wildman–Crippen MR) is 129 cm³/mol. The summed E-state index contributed by atoms with van der Waals surface area (Å²) in [5.41, 5.74) is 7.73. The average Bonchev–Trinajstić information content (AvgIpc) is 3.46. The zero-order valence-electron chi connectivity index (χ0n) is 18.7. The Morgan fingerprint density at radius 3 is 2.43 bits per heavy atom. The fourth-order valence-electron chi connectivity index (χ4n) is 3.56. The van der Waals surface area contributed by atoms with Gasteiger partial charge in [0.15, 0.2) is 15.6 Å². The first-order chi connectivity index (χ1) is 16.9. The van der Waals surface area contributed by atoms with Gasteiger partial charge in [-0.05, 0) is 49.2 Å². The Kier molecular flexibility index (Phi) is 6.98. The summed E-state index contributed by atoms with van der Waals surface area (Å²) in [6, 6.07) is 22.4. The number of sulfone groups is 1. The summed E-state index contributed by atoms with van der Waals surface area (Å²) in [4.78, 5) is 12.6. The fourth-order valence-corrected chi connectivity index (χ4v) is 4.83. The molecule has 0 fully saturated rings. The van der Waals surface area contributed by atoms with E-state index in [9.17, 15) is 18.5 Å². The molecule has 0 spiro atoms. The number of rotatable bonds is 9. The molecule has 1 amide bonds. The number of anilines is 1. The lowest BCUT2D eigenvalue weighted by atomic mass is 10.1. The second-order valence-electron chi connectivity index (χ2n) is 7.76. The number of para-hydroxylation sites is 1. The van der Waals surface area contributed by atoms with Gasteiger partial charge in [-0.3, -0.25) is 4.79 Å². The molecule has 0 saturated carbocycles. The van der Waals surface area contributed by atoms with Gasteiger partial charge in [0, 0.05) is 6.54 Å².